The number of ether oxygens (including phenoxy) is 1. The van der Waals surface area contributed by atoms with Gasteiger partial charge >= 0.3 is 0 Å². The van der Waals surface area contributed by atoms with E-state index in [0.717, 1.165) is 29.2 Å². The Bertz CT molecular complexity index is 1870. The average molecular weight is 618 g/mol. The SMILES string of the molecule is COc1nc(-c2cccc(-c3cccc(NC(=O)c4ccnn(C)c4=O)c3Cl)c2Cl)ccc1CN1CC(c2nn[nH]n2)C1. The molecule has 0 saturated carbocycles. The number of tetrazole rings is 1. The van der Waals surface area contributed by atoms with E-state index >= 15 is 0 Å². The molecule has 3 aromatic heterocycles. The van der Waals surface area contributed by atoms with Crippen molar-refractivity contribution in [3.8, 4) is 28.3 Å². The van der Waals surface area contributed by atoms with Gasteiger partial charge in [-0.25, -0.2) is 9.67 Å². The van der Waals surface area contributed by atoms with Crippen molar-refractivity contribution in [1.82, 2.24) is 40.3 Å². The number of rotatable bonds is 8. The predicted octanol–water partition coefficient (Wildman–Crippen LogP) is 4.19. The number of benzene rings is 2. The first-order valence-corrected chi connectivity index (χ1v) is 14.0. The maximum absolute atomic E-state index is 12.9. The van der Waals surface area contributed by atoms with Gasteiger partial charge in [0.25, 0.3) is 11.5 Å². The van der Waals surface area contributed by atoms with Crippen LogP contribution in [-0.2, 0) is 13.6 Å². The minimum absolute atomic E-state index is 0.0524. The van der Waals surface area contributed by atoms with E-state index in [-0.39, 0.29) is 16.5 Å². The maximum atomic E-state index is 12.9. The van der Waals surface area contributed by atoms with E-state index < -0.39 is 11.5 Å². The third-order valence-corrected chi connectivity index (χ3v) is 8.09. The maximum Gasteiger partial charge on any atom is 0.279 e. The molecular formula is C29H25Cl2N9O3. The van der Waals surface area contributed by atoms with Crippen LogP contribution in [0.25, 0.3) is 22.4 Å². The molecule has 2 aromatic carbocycles. The van der Waals surface area contributed by atoms with Gasteiger partial charge in [0.15, 0.2) is 5.82 Å². The lowest BCUT2D eigenvalue weighted by atomic mass is 9.98. The topological polar surface area (TPSA) is 144 Å². The average Bonchev–Trinajstić information content (AvgIpc) is 3.52. The number of likely N-dealkylation sites (tertiary alicyclic amines) is 1. The number of anilines is 1. The lowest BCUT2D eigenvalue weighted by Gasteiger charge is -2.37. The van der Waals surface area contributed by atoms with Crippen LogP contribution >= 0.6 is 23.2 Å². The second-order valence-corrected chi connectivity index (χ2v) is 10.7. The van der Waals surface area contributed by atoms with Crippen molar-refractivity contribution in [3.05, 3.63) is 98.1 Å². The fourth-order valence-corrected chi connectivity index (χ4v) is 5.60. The van der Waals surface area contributed by atoms with Gasteiger partial charge in [0.05, 0.1) is 28.5 Å². The molecule has 12 nitrogen and oxygen atoms in total. The normalized spacial score (nSPS) is 13.5. The molecule has 0 unspecified atom stereocenters. The molecule has 4 heterocycles. The third-order valence-electron chi connectivity index (χ3n) is 7.27. The summed E-state index contributed by atoms with van der Waals surface area (Å²) in [5.41, 5.74) is 3.29. The van der Waals surface area contributed by atoms with Crippen LogP contribution in [0, 0.1) is 0 Å². The number of methoxy groups -OCH3 is 1. The second kappa shape index (κ2) is 11.9. The van der Waals surface area contributed by atoms with E-state index in [9.17, 15) is 9.59 Å². The zero-order valence-electron chi connectivity index (χ0n) is 23.1. The Morgan fingerprint density at radius 3 is 2.53 bits per heavy atom. The highest BCUT2D eigenvalue weighted by Crippen LogP contribution is 2.41. The third kappa shape index (κ3) is 5.59. The highest BCUT2D eigenvalue weighted by atomic mass is 35.5. The van der Waals surface area contributed by atoms with Crippen LogP contribution in [0.4, 0.5) is 5.69 Å². The molecule has 1 amide bonds. The van der Waals surface area contributed by atoms with Crippen LogP contribution in [0.1, 0.15) is 27.7 Å². The van der Waals surface area contributed by atoms with E-state index in [1.807, 2.05) is 30.3 Å². The molecule has 218 valence electrons. The first-order chi connectivity index (χ1) is 20.8. The zero-order valence-corrected chi connectivity index (χ0v) is 24.6. The number of aromatic amines is 1. The molecule has 43 heavy (non-hydrogen) atoms. The van der Waals surface area contributed by atoms with E-state index in [1.165, 1.54) is 19.3 Å². The van der Waals surface area contributed by atoms with Gasteiger partial charge in [-0.2, -0.15) is 10.3 Å². The van der Waals surface area contributed by atoms with Crippen molar-refractivity contribution >= 4 is 34.8 Å². The number of nitrogens with zero attached hydrogens (tertiary/aromatic N) is 7. The Morgan fingerprint density at radius 2 is 1.79 bits per heavy atom. The number of halogens is 2. The molecule has 0 spiro atoms. The standard InChI is InChI=1S/C29H25Cl2N9O3/c1-39-29(42)21(11-12-32-39)27(41)33-23-8-4-6-19(25(23)31)18-5-3-7-20(24(18)30)22-10-9-16(28(34-22)43-2)13-40-14-17(15-40)26-35-37-38-36-26/h3-12,17H,13-15H2,1-2H3,(H,33,41)(H,35,36,37,38). The number of hydrogen-bond donors (Lipinski definition) is 2. The number of pyridine rings is 1. The molecule has 0 bridgehead atoms. The van der Waals surface area contributed by atoms with E-state index in [1.54, 1.807) is 25.3 Å². The quantitative estimate of drug-likeness (QED) is 0.262. The van der Waals surface area contributed by atoms with Crippen LogP contribution in [0.5, 0.6) is 5.88 Å². The molecule has 6 rings (SSSR count). The number of carbonyl (C=O) groups excluding carboxylic acids is 1. The van der Waals surface area contributed by atoms with E-state index in [2.05, 4.69) is 35.9 Å². The predicted molar refractivity (Wildman–Crippen MR) is 161 cm³/mol. The number of H-pyrrole nitrogens is 1. The largest absolute Gasteiger partial charge is 0.481 e. The summed E-state index contributed by atoms with van der Waals surface area (Å²) in [5.74, 6) is 0.882. The van der Waals surface area contributed by atoms with Crippen LogP contribution < -0.4 is 15.6 Å². The van der Waals surface area contributed by atoms with E-state index in [0.29, 0.717) is 45.5 Å². The number of carbonyl (C=O) groups is 1. The smallest absolute Gasteiger partial charge is 0.279 e. The molecule has 1 fully saturated rings. The van der Waals surface area contributed by atoms with Crippen LogP contribution in [0.2, 0.25) is 10.0 Å². The summed E-state index contributed by atoms with van der Waals surface area (Å²) in [6, 6.07) is 16.0. The molecule has 1 aliphatic rings. The second-order valence-electron chi connectivity index (χ2n) is 9.99. The Kier molecular flexibility index (Phi) is 7.89. The van der Waals surface area contributed by atoms with Crippen molar-refractivity contribution in [3.63, 3.8) is 0 Å². The fraction of sp³-hybridized carbons (Fsp3) is 0.207. The molecule has 0 radical (unpaired) electrons. The summed E-state index contributed by atoms with van der Waals surface area (Å²) in [6.07, 6.45) is 1.38. The molecule has 5 aromatic rings. The Morgan fingerprint density at radius 1 is 1.05 bits per heavy atom. The number of aryl methyl sites for hydroxylation is 1. The van der Waals surface area contributed by atoms with Gasteiger partial charge in [0.2, 0.25) is 5.88 Å². The van der Waals surface area contributed by atoms with Crippen molar-refractivity contribution in [2.75, 3.05) is 25.5 Å². The summed E-state index contributed by atoms with van der Waals surface area (Å²) in [4.78, 5) is 32.2. The number of aromatic nitrogens is 7. The van der Waals surface area contributed by atoms with Crippen molar-refractivity contribution in [2.45, 2.75) is 12.5 Å². The zero-order chi connectivity index (χ0) is 30.1. The molecule has 1 aliphatic heterocycles. The van der Waals surface area contributed by atoms with Gasteiger partial charge in [-0.1, -0.05) is 64.8 Å². The van der Waals surface area contributed by atoms with Crippen LogP contribution in [0.15, 0.2) is 65.6 Å². The molecular weight excluding hydrogens is 593 g/mol. The number of amides is 1. The molecule has 14 heteroatoms. The molecule has 1 saturated heterocycles. The minimum atomic E-state index is -0.596. The number of hydrogen-bond acceptors (Lipinski definition) is 9. The van der Waals surface area contributed by atoms with Gasteiger partial charge in [-0.05, 0) is 18.2 Å². The van der Waals surface area contributed by atoms with Crippen molar-refractivity contribution < 1.29 is 9.53 Å². The Hall–Kier alpha value is -4.65. The summed E-state index contributed by atoms with van der Waals surface area (Å²) in [5, 5.41) is 21.6. The van der Waals surface area contributed by atoms with Crippen LogP contribution in [-0.4, -0.2) is 66.4 Å². The first kappa shape index (κ1) is 28.5. The van der Waals surface area contributed by atoms with Crippen molar-refractivity contribution in [1.29, 1.82) is 0 Å². The Balaban J connectivity index is 1.24. The highest BCUT2D eigenvalue weighted by Gasteiger charge is 2.31. The summed E-state index contributed by atoms with van der Waals surface area (Å²) in [6.45, 7) is 2.30. The van der Waals surface area contributed by atoms with Gasteiger partial charge in [0, 0.05) is 61.1 Å². The van der Waals surface area contributed by atoms with Crippen LogP contribution in [0.3, 0.4) is 0 Å². The first-order valence-electron chi connectivity index (χ1n) is 13.2. The van der Waals surface area contributed by atoms with Gasteiger partial charge in [-0.15, -0.1) is 10.2 Å². The molecule has 2 N–H and O–H groups in total. The molecule has 0 atom stereocenters. The van der Waals surface area contributed by atoms with Gasteiger partial charge in [0.1, 0.15) is 5.56 Å². The monoisotopic (exact) mass is 617 g/mol. The van der Waals surface area contributed by atoms with Gasteiger partial charge < -0.3 is 10.1 Å². The summed E-state index contributed by atoms with van der Waals surface area (Å²) < 4.78 is 6.74. The van der Waals surface area contributed by atoms with E-state index in [4.69, 9.17) is 32.9 Å². The van der Waals surface area contributed by atoms with Crippen molar-refractivity contribution in [2.24, 2.45) is 7.05 Å². The summed E-state index contributed by atoms with van der Waals surface area (Å²) >= 11 is 13.7. The minimum Gasteiger partial charge on any atom is -0.481 e. The lowest BCUT2D eigenvalue weighted by molar-refractivity contribution is 0.102. The van der Waals surface area contributed by atoms with Gasteiger partial charge in [-0.3, -0.25) is 14.5 Å². The fourth-order valence-electron chi connectivity index (χ4n) is 5.00. The lowest BCUT2D eigenvalue weighted by Crippen LogP contribution is -2.44. The Labute approximate surface area is 255 Å². The molecule has 0 aliphatic carbocycles. The highest BCUT2D eigenvalue weighted by molar-refractivity contribution is 6.39. The summed E-state index contributed by atoms with van der Waals surface area (Å²) in [7, 11) is 3.06. The number of nitrogens with one attached hydrogen (secondary N) is 2.